The average Bonchev–Trinajstić information content (AvgIpc) is 3.11. The number of carbonyl (C=O) groups excluding carboxylic acids is 1. The Morgan fingerprint density at radius 1 is 1.20 bits per heavy atom. The Hall–Kier alpha value is -1.47. The zero-order chi connectivity index (χ0) is 17.5. The van der Waals surface area contributed by atoms with Gasteiger partial charge in [0.15, 0.2) is 12.4 Å². The largest absolute Gasteiger partial charge is 0.459 e. The first-order valence-electron chi connectivity index (χ1n) is 9.09. The first-order chi connectivity index (χ1) is 12.2. The fourth-order valence-corrected chi connectivity index (χ4v) is 3.11. The highest BCUT2D eigenvalue weighted by Gasteiger charge is 2.32. The van der Waals surface area contributed by atoms with Gasteiger partial charge in [0.05, 0.1) is 6.61 Å². The SMILES string of the molecule is CN1CCN(CCCC2OCC(C(=O)OCc3ccccc3)O2)CC1. The van der Waals surface area contributed by atoms with Crippen molar-refractivity contribution >= 4 is 5.97 Å². The van der Waals surface area contributed by atoms with Crippen molar-refractivity contribution in [1.82, 2.24) is 9.80 Å². The Bertz CT molecular complexity index is 531. The number of carbonyl (C=O) groups is 1. The van der Waals surface area contributed by atoms with Gasteiger partial charge in [0.1, 0.15) is 6.61 Å². The highest BCUT2D eigenvalue weighted by atomic mass is 16.7. The van der Waals surface area contributed by atoms with Gasteiger partial charge in [-0.15, -0.1) is 0 Å². The lowest BCUT2D eigenvalue weighted by atomic mass is 10.2. The van der Waals surface area contributed by atoms with Gasteiger partial charge < -0.3 is 24.0 Å². The molecule has 2 unspecified atom stereocenters. The van der Waals surface area contributed by atoms with Crippen molar-refractivity contribution in [1.29, 1.82) is 0 Å². The van der Waals surface area contributed by atoms with Crippen LogP contribution in [0.1, 0.15) is 18.4 Å². The molecule has 6 heteroatoms. The van der Waals surface area contributed by atoms with Crippen molar-refractivity contribution in [2.45, 2.75) is 31.8 Å². The maximum Gasteiger partial charge on any atom is 0.338 e. The number of benzene rings is 1. The van der Waals surface area contributed by atoms with Crippen LogP contribution in [-0.4, -0.2) is 74.5 Å². The molecule has 0 bridgehead atoms. The second-order valence-corrected chi connectivity index (χ2v) is 6.77. The minimum Gasteiger partial charge on any atom is -0.459 e. The summed E-state index contributed by atoms with van der Waals surface area (Å²) in [6, 6.07) is 9.65. The molecule has 0 spiro atoms. The quantitative estimate of drug-likeness (QED) is 0.696. The van der Waals surface area contributed by atoms with Crippen molar-refractivity contribution in [2.75, 3.05) is 46.4 Å². The fraction of sp³-hybridized carbons (Fsp3) is 0.632. The van der Waals surface area contributed by atoms with Gasteiger partial charge in [-0.2, -0.15) is 0 Å². The Labute approximate surface area is 149 Å². The third-order valence-corrected chi connectivity index (χ3v) is 4.75. The summed E-state index contributed by atoms with van der Waals surface area (Å²) in [6.45, 7) is 6.12. The van der Waals surface area contributed by atoms with Crippen LogP contribution in [0, 0.1) is 0 Å². The maximum absolute atomic E-state index is 12.1. The predicted octanol–water partition coefficient (Wildman–Crippen LogP) is 1.50. The molecule has 25 heavy (non-hydrogen) atoms. The first-order valence-corrected chi connectivity index (χ1v) is 9.09. The van der Waals surface area contributed by atoms with E-state index in [4.69, 9.17) is 14.2 Å². The van der Waals surface area contributed by atoms with Crippen LogP contribution < -0.4 is 0 Å². The molecule has 2 aliphatic rings. The van der Waals surface area contributed by atoms with Gasteiger partial charge in [0.2, 0.25) is 0 Å². The number of nitrogens with zero attached hydrogens (tertiary/aromatic N) is 2. The number of ether oxygens (including phenoxy) is 3. The molecule has 2 atom stereocenters. The predicted molar refractivity (Wildman–Crippen MR) is 94.0 cm³/mol. The van der Waals surface area contributed by atoms with Gasteiger partial charge >= 0.3 is 5.97 Å². The zero-order valence-electron chi connectivity index (χ0n) is 14.9. The highest BCUT2D eigenvalue weighted by Crippen LogP contribution is 2.18. The minimum absolute atomic E-state index is 0.271. The molecule has 3 rings (SSSR count). The third-order valence-electron chi connectivity index (χ3n) is 4.75. The van der Waals surface area contributed by atoms with E-state index in [9.17, 15) is 4.79 Å². The second kappa shape index (κ2) is 9.29. The molecule has 2 aliphatic heterocycles. The van der Waals surface area contributed by atoms with E-state index in [1.54, 1.807) is 0 Å². The van der Waals surface area contributed by atoms with Gasteiger partial charge in [-0.3, -0.25) is 0 Å². The Morgan fingerprint density at radius 3 is 2.72 bits per heavy atom. The van der Waals surface area contributed by atoms with Crippen molar-refractivity contribution in [3.63, 3.8) is 0 Å². The normalized spacial score (nSPS) is 25.2. The molecule has 0 aromatic heterocycles. The molecule has 138 valence electrons. The van der Waals surface area contributed by atoms with Gasteiger partial charge in [0.25, 0.3) is 0 Å². The van der Waals surface area contributed by atoms with Crippen LogP contribution in [0.5, 0.6) is 0 Å². The van der Waals surface area contributed by atoms with Crippen LogP contribution in [-0.2, 0) is 25.6 Å². The summed E-state index contributed by atoms with van der Waals surface area (Å²) < 4.78 is 16.6. The highest BCUT2D eigenvalue weighted by molar-refractivity contribution is 5.75. The van der Waals surface area contributed by atoms with Gasteiger partial charge in [0, 0.05) is 26.2 Å². The Kier molecular flexibility index (Phi) is 6.81. The van der Waals surface area contributed by atoms with Crippen molar-refractivity contribution in [3.8, 4) is 0 Å². The van der Waals surface area contributed by atoms with Crippen LogP contribution in [0.15, 0.2) is 30.3 Å². The Morgan fingerprint density at radius 2 is 1.96 bits per heavy atom. The molecule has 2 saturated heterocycles. The standard InChI is InChI=1S/C19H28N2O4/c1-20-10-12-21(13-11-20)9-5-8-18-23-15-17(25-18)19(22)24-14-16-6-3-2-4-7-16/h2-4,6-7,17-18H,5,8-15H2,1H3. The Balaban J connectivity index is 1.30. The van der Waals surface area contributed by atoms with Crippen LogP contribution in [0.25, 0.3) is 0 Å². The van der Waals surface area contributed by atoms with E-state index in [0.717, 1.165) is 51.1 Å². The maximum atomic E-state index is 12.1. The molecule has 0 radical (unpaired) electrons. The molecule has 0 N–H and O–H groups in total. The summed E-state index contributed by atoms with van der Waals surface area (Å²) in [4.78, 5) is 16.9. The second-order valence-electron chi connectivity index (χ2n) is 6.77. The minimum atomic E-state index is -0.600. The van der Waals surface area contributed by atoms with Crippen LogP contribution in [0.2, 0.25) is 0 Å². The summed E-state index contributed by atoms with van der Waals surface area (Å²) in [5.41, 5.74) is 0.971. The lowest BCUT2D eigenvalue weighted by Gasteiger charge is -2.32. The van der Waals surface area contributed by atoms with Gasteiger partial charge in [-0.1, -0.05) is 30.3 Å². The van der Waals surface area contributed by atoms with Crippen LogP contribution >= 0.6 is 0 Å². The lowest BCUT2D eigenvalue weighted by molar-refractivity contribution is -0.158. The summed E-state index contributed by atoms with van der Waals surface area (Å²) >= 11 is 0. The average molecular weight is 348 g/mol. The van der Waals surface area contributed by atoms with Crippen molar-refractivity contribution < 1.29 is 19.0 Å². The lowest BCUT2D eigenvalue weighted by Crippen LogP contribution is -2.44. The molecule has 0 saturated carbocycles. The first kappa shape index (κ1) is 18.3. The molecule has 6 nitrogen and oxygen atoms in total. The zero-order valence-corrected chi connectivity index (χ0v) is 14.9. The number of rotatable bonds is 7. The van der Waals surface area contributed by atoms with Crippen LogP contribution in [0.4, 0.5) is 0 Å². The number of hydrogen-bond acceptors (Lipinski definition) is 6. The monoisotopic (exact) mass is 348 g/mol. The van der Waals surface area contributed by atoms with E-state index in [1.807, 2.05) is 30.3 Å². The summed E-state index contributed by atoms with van der Waals surface area (Å²) in [7, 11) is 2.16. The number of likely N-dealkylation sites (N-methyl/N-ethyl adjacent to an activating group) is 1. The van der Waals surface area contributed by atoms with E-state index in [2.05, 4.69) is 16.8 Å². The topological polar surface area (TPSA) is 51.2 Å². The van der Waals surface area contributed by atoms with Gasteiger partial charge in [-0.05, 0) is 32.0 Å². The molecule has 1 aromatic rings. The molecule has 0 aliphatic carbocycles. The molecular weight excluding hydrogens is 320 g/mol. The van der Waals surface area contributed by atoms with Crippen molar-refractivity contribution in [3.05, 3.63) is 35.9 Å². The van der Waals surface area contributed by atoms with E-state index < -0.39 is 6.10 Å². The fourth-order valence-electron chi connectivity index (χ4n) is 3.11. The summed E-state index contributed by atoms with van der Waals surface area (Å²) in [6.07, 6.45) is 0.939. The molecule has 2 fully saturated rings. The molecule has 0 amide bonds. The summed E-state index contributed by atoms with van der Waals surface area (Å²) in [5, 5.41) is 0. The number of hydrogen-bond donors (Lipinski definition) is 0. The molecule has 2 heterocycles. The smallest absolute Gasteiger partial charge is 0.338 e. The molecular formula is C19H28N2O4. The molecule has 1 aromatic carbocycles. The van der Waals surface area contributed by atoms with Crippen LogP contribution in [0.3, 0.4) is 0 Å². The van der Waals surface area contributed by atoms with E-state index in [1.165, 1.54) is 0 Å². The van der Waals surface area contributed by atoms with Crippen molar-refractivity contribution in [2.24, 2.45) is 0 Å². The van der Waals surface area contributed by atoms with E-state index in [0.29, 0.717) is 0 Å². The number of piperazine rings is 1. The van der Waals surface area contributed by atoms with E-state index in [-0.39, 0.29) is 25.5 Å². The third kappa shape index (κ3) is 5.78. The van der Waals surface area contributed by atoms with Gasteiger partial charge in [-0.25, -0.2) is 4.79 Å². The van der Waals surface area contributed by atoms with E-state index >= 15 is 0 Å². The summed E-state index contributed by atoms with van der Waals surface area (Å²) in [5.74, 6) is -0.342. The number of esters is 1.